The molecular formula is C25H31N3O3S2. The average molecular weight is 486 g/mol. The Bertz CT molecular complexity index is 1110. The topological polar surface area (TPSA) is 83.5 Å². The van der Waals surface area contributed by atoms with Crippen LogP contribution in [0.5, 0.6) is 11.5 Å². The van der Waals surface area contributed by atoms with Gasteiger partial charge in [0.05, 0.1) is 17.7 Å². The van der Waals surface area contributed by atoms with Crippen LogP contribution in [0, 0.1) is 12.8 Å². The molecule has 1 fully saturated rings. The zero-order valence-corrected chi connectivity index (χ0v) is 20.9. The number of thiazole rings is 1. The van der Waals surface area contributed by atoms with Crippen molar-refractivity contribution in [2.75, 3.05) is 17.1 Å². The fourth-order valence-corrected chi connectivity index (χ4v) is 6.41. The lowest BCUT2D eigenvalue weighted by Crippen LogP contribution is -2.27. The second kappa shape index (κ2) is 10.6. The number of phenolic OH excluding ortho intramolecular Hbond substituents is 1. The molecule has 2 aromatic carbocycles. The van der Waals surface area contributed by atoms with Gasteiger partial charge in [0.25, 0.3) is 0 Å². The van der Waals surface area contributed by atoms with Crippen LogP contribution in [0.1, 0.15) is 44.7 Å². The van der Waals surface area contributed by atoms with E-state index in [-0.39, 0.29) is 5.75 Å². The summed E-state index contributed by atoms with van der Waals surface area (Å²) in [6.07, 6.45) is 6.57. The first-order valence-electron chi connectivity index (χ1n) is 11.3. The summed E-state index contributed by atoms with van der Waals surface area (Å²) >= 11 is 1.63. The fourth-order valence-electron chi connectivity index (χ4n) is 4.33. The van der Waals surface area contributed by atoms with Crippen LogP contribution in [-0.2, 0) is 11.0 Å². The third kappa shape index (κ3) is 5.68. The van der Waals surface area contributed by atoms with Crippen molar-refractivity contribution in [2.24, 2.45) is 5.92 Å². The monoisotopic (exact) mass is 485 g/mol. The number of phenols is 1. The average Bonchev–Trinajstić information content (AvgIpc) is 3.20. The van der Waals surface area contributed by atoms with Gasteiger partial charge >= 0.3 is 0 Å². The molecule has 3 aromatic rings. The molecule has 1 aliphatic carbocycles. The SMILES string of the molecule is COc1ccc(-c2sc(NC(C)C3CCCCC3)nc2C)cc1S(=O)Nc1ccc(O)cc1. The summed E-state index contributed by atoms with van der Waals surface area (Å²) in [7, 11) is 0.0354. The number of hydrogen-bond acceptors (Lipinski definition) is 6. The number of ether oxygens (including phenoxy) is 1. The van der Waals surface area contributed by atoms with Crippen LogP contribution in [-0.4, -0.2) is 27.5 Å². The Labute approximate surface area is 202 Å². The minimum Gasteiger partial charge on any atom is -0.508 e. The van der Waals surface area contributed by atoms with E-state index in [9.17, 15) is 9.32 Å². The number of benzene rings is 2. The summed E-state index contributed by atoms with van der Waals surface area (Å²) in [5.74, 6) is 1.41. The maximum absolute atomic E-state index is 13.1. The van der Waals surface area contributed by atoms with Crippen LogP contribution in [0.4, 0.5) is 10.8 Å². The van der Waals surface area contributed by atoms with E-state index in [0.717, 1.165) is 21.3 Å². The van der Waals surface area contributed by atoms with E-state index in [1.807, 2.05) is 25.1 Å². The van der Waals surface area contributed by atoms with Crippen molar-refractivity contribution < 1.29 is 14.1 Å². The van der Waals surface area contributed by atoms with Crippen molar-refractivity contribution in [3.8, 4) is 21.9 Å². The Balaban J connectivity index is 1.55. The molecule has 6 nitrogen and oxygen atoms in total. The van der Waals surface area contributed by atoms with Crippen LogP contribution < -0.4 is 14.8 Å². The van der Waals surface area contributed by atoms with Crippen molar-refractivity contribution in [3.63, 3.8) is 0 Å². The van der Waals surface area contributed by atoms with Crippen LogP contribution in [0.3, 0.4) is 0 Å². The van der Waals surface area contributed by atoms with Gasteiger partial charge in [0.15, 0.2) is 16.1 Å². The molecule has 8 heteroatoms. The number of aromatic nitrogens is 1. The van der Waals surface area contributed by atoms with Gasteiger partial charge in [0.1, 0.15) is 16.4 Å². The molecule has 1 heterocycles. The number of nitrogens with zero attached hydrogens (tertiary/aromatic N) is 1. The Morgan fingerprint density at radius 3 is 2.58 bits per heavy atom. The normalized spacial score (nSPS) is 16.2. The van der Waals surface area contributed by atoms with Gasteiger partial charge in [-0.05, 0) is 80.6 Å². The summed E-state index contributed by atoms with van der Waals surface area (Å²) in [6, 6.07) is 12.6. The van der Waals surface area contributed by atoms with Gasteiger partial charge < -0.3 is 19.9 Å². The van der Waals surface area contributed by atoms with Gasteiger partial charge in [0, 0.05) is 11.7 Å². The largest absolute Gasteiger partial charge is 0.508 e. The molecule has 0 saturated heterocycles. The second-order valence-electron chi connectivity index (χ2n) is 8.55. The van der Waals surface area contributed by atoms with Crippen molar-refractivity contribution in [2.45, 2.75) is 56.9 Å². The van der Waals surface area contributed by atoms with Crippen LogP contribution in [0.15, 0.2) is 47.4 Å². The summed E-state index contributed by atoms with van der Waals surface area (Å²) in [5, 5.41) is 14.0. The van der Waals surface area contributed by atoms with Crippen molar-refractivity contribution in [1.82, 2.24) is 4.98 Å². The van der Waals surface area contributed by atoms with E-state index in [1.54, 1.807) is 42.7 Å². The highest BCUT2D eigenvalue weighted by Gasteiger charge is 2.22. The second-order valence-corrected chi connectivity index (χ2v) is 10.7. The van der Waals surface area contributed by atoms with Crippen LogP contribution >= 0.6 is 11.3 Å². The van der Waals surface area contributed by atoms with Gasteiger partial charge in [-0.1, -0.05) is 30.6 Å². The molecule has 0 amide bonds. The minimum absolute atomic E-state index is 0.161. The summed E-state index contributed by atoms with van der Waals surface area (Å²) in [5.41, 5.74) is 2.56. The third-order valence-corrected chi connectivity index (χ3v) is 8.49. The molecule has 4 rings (SSSR count). The van der Waals surface area contributed by atoms with Gasteiger partial charge in [-0.2, -0.15) is 0 Å². The fraction of sp³-hybridized carbons (Fsp3) is 0.400. The highest BCUT2D eigenvalue weighted by Crippen LogP contribution is 2.37. The number of anilines is 2. The Kier molecular flexibility index (Phi) is 7.55. The molecule has 3 N–H and O–H groups in total. The standard InChI is InChI=1S/C25H31N3O3S2/c1-16(18-7-5-4-6-8-18)26-25-27-17(2)24(32-25)19-9-14-22(31-3)23(15-19)33(30)28-20-10-12-21(29)13-11-20/h9-16,18,28-29H,4-8H2,1-3H3,(H,26,27). The zero-order chi connectivity index (χ0) is 23.4. The predicted molar refractivity (Wildman–Crippen MR) is 137 cm³/mol. The third-order valence-electron chi connectivity index (χ3n) is 6.21. The predicted octanol–water partition coefficient (Wildman–Crippen LogP) is 6.35. The van der Waals surface area contributed by atoms with E-state index in [2.05, 4.69) is 17.0 Å². The molecule has 1 aromatic heterocycles. The first-order chi connectivity index (χ1) is 15.9. The lowest BCUT2D eigenvalue weighted by atomic mass is 9.85. The molecular weight excluding hydrogens is 454 g/mol. The van der Waals surface area contributed by atoms with E-state index < -0.39 is 11.0 Å². The minimum atomic E-state index is -1.54. The lowest BCUT2D eigenvalue weighted by Gasteiger charge is -2.28. The Morgan fingerprint density at radius 2 is 1.88 bits per heavy atom. The number of hydrogen-bond donors (Lipinski definition) is 3. The highest BCUT2D eigenvalue weighted by molar-refractivity contribution is 7.86. The van der Waals surface area contributed by atoms with Gasteiger partial charge in [-0.25, -0.2) is 9.19 Å². The van der Waals surface area contributed by atoms with Crippen molar-refractivity contribution in [3.05, 3.63) is 48.2 Å². The molecule has 2 atom stereocenters. The van der Waals surface area contributed by atoms with Crippen molar-refractivity contribution >= 4 is 33.1 Å². The van der Waals surface area contributed by atoms with Gasteiger partial charge in [-0.3, -0.25) is 0 Å². The molecule has 0 bridgehead atoms. The van der Waals surface area contributed by atoms with E-state index in [0.29, 0.717) is 28.3 Å². The maximum Gasteiger partial charge on any atom is 0.183 e. The maximum atomic E-state index is 13.1. The molecule has 0 aliphatic heterocycles. The summed E-state index contributed by atoms with van der Waals surface area (Å²) in [6.45, 7) is 4.27. The van der Waals surface area contributed by atoms with Crippen molar-refractivity contribution in [1.29, 1.82) is 0 Å². The smallest absolute Gasteiger partial charge is 0.183 e. The van der Waals surface area contributed by atoms with Crippen LogP contribution in [0.25, 0.3) is 10.4 Å². The van der Waals surface area contributed by atoms with E-state index in [1.165, 1.54) is 32.1 Å². The Hall–Kier alpha value is -2.58. The van der Waals surface area contributed by atoms with E-state index >= 15 is 0 Å². The molecule has 33 heavy (non-hydrogen) atoms. The van der Waals surface area contributed by atoms with Crippen LogP contribution in [0.2, 0.25) is 0 Å². The zero-order valence-electron chi connectivity index (χ0n) is 19.3. The number of nitrogens with one attached hydrogen (secondary N) is 2. The molecule has 1 aliphatic rings. The molecule has 1 saturated carbocycles. The summed E-state index contributed by atoms with van der Waals surface area (Å²) in [4.78, 5) is 6.39. The number of aromatic hydroxyl groups is 1. The molecule has 0 spiro atoms. The first kappa shape index (κ1) is 23.6. The molecule has 0 radical (unpaired) electrons. The quantitative estimate of drug-likeness (QED) is 0.324. The molecule has 176 valence electrons. The summed E-state index contributed by atoms with van der Waals surface area (Å²) < 4.78 is 21.6. The van der Waals surface area contributed by atoms with Gasteiger partial charge in [-0.15, -0.1) is 0 Å². The molecule has 2 unspecified atom stereocenters. The van der Waals surface area contributed by atoms with E-state index in [4.69, 9.17) is 9.72 Å². The first-order valence-corrected chi connectivity index (χ1v) is 13.3. The lowest BCUT2D eigenvalue weighted by molar-refractivity contribution is 0.328. The number of aryl methyl sites for hydroxylation is 1. The number of methoxy groups -OCH3 is 1. The Morgan fingerprint density at radius 1 is 1.15 bits per heavy atom. The van der Waals surface area contributed by atoms with Gasteiger partial charge in [0.2, 0.25) is 0 Å². The highest BCUT2D eigenvalue weighted by atomic mass is 32.2. The number of rotatable bonds is 8.